The zero-order valence-electron chi connectivity index (χ0n) is 33.8. The van der Waals surface area contributed by atoms with Gasteiger partial charge in [0.25, 0.3) is 0 Å². The van der Waals surface area contributed by atoms with E-state index in [1.54, 1.807) is 0 Å². The second-order valence-electron chi connectivity index (χ2n) is 14.9. The van der Waals surface area contributed by atoms with E-state index in [1.165, 1.54) is 103 Å². The van der Waals surface area contributed by atoms with Crippen LogP contribution in [0.15, 0.2) is 12.2 Å². The molecule has 1 saturated heterocycles. The van der Waals surface area contributed by atoms with Gasteiger partial charge in [-0.25, -0.2) is 4.18 Å². The summed E-state index contributed by atoms with van der Waals surface area (Å²) in [5.41, 5.74) is 0. The van der Waals surface area contributed by atoms with Crippen molar-refractivity contribution >= 4 is 16.4 Å². The summed E-state index contributed by atoms with van der Waals surface area (Å²) in [6.07, 6.45) is 25.4. The van der Waals surface area contributed by atoms with Gasteiger partial charge in [-0.05, 0) is 32.1 Å². The molecule has 1 rings (SSSR count). The van der Waals surface area contributed by atoms with Gasteiger partial charge in [-0.15, -0.1) is 0 Å². The first-order chi connectivity index (χ1) is 26.1. The molecule has 1 heterocycles. The third-order valence-corrected chi connectivity index (χ3v) is 10.3. The number of hydrogen-bond donors (Lipinski definition) is 4. The lowest BCUT2D eigenvalue weighted by Crippen LogP contribution is -2.60. The van der Waals surface area contributed by atoms with E-state index in [2.05, 4.69) is 30.2 Å². The van der Waals surface area contributed by atoms with Crippen LogP contribution in [-0.2, 0) is 38.3 Å². The van der Waals surface area contributed by atoms with E-state index in [0.717, 1.165) is 51.4 Å². The molecular weight excluding hydrogens is 717 g/mol. The van der Waals surface area contributed by atoms with Crippen LogP contribution in [0.25, 0.3) is 0 Å². The predicted molar refractivity (Wildman–Crippen MR) is 211 cm³/mol. The summed E-state index contributed by atoms with van der Waals surface area (Å²) in [5, 5.41) is 30.6. The fraction of sp³-hybridized carbons (Fsp3) is 0.927. The second-order valence-corrected chi connectivity index (χ2v) is 16.0. The molecule has 0 spiro atoms. The van der Waals surface area contributed by atoms with Crippen molar-refractivity contribution in [1.29, 1.82) is 0 Å². The van der Waals surface area contributed by atoms with Crippen LogP contribution in [0.5, 0.6) is 0 Å². The summed E-state index contributed by atoms with van der Waals surface area (Å²) >= 11 is 0. The number of hydrogen-bond acceptors (Lipinski definition) is 11. The normalized spacial score (nSPS) is 21.2. The molecule has 0 saturated carbocycles. The van der Waals surface area contributed by atoms with Crippen LogP contribution in [0.4, 0.5) is 0 Å². The number of carbonyl (C=O) groups excluding carboxylic acids is 1. The molecule has 4 N–H and O–H groups in total. The number of rotatable bonds is 37. The lowest BCUT2D eigenvalue weighted by molar-refractivity contribution is -0.301. The van der Waals surface area contributed by atoms with Gasteiger partial charge in [0.15, 0.2) is 6.29 Å². The standard InChI is InChI=1S/C41H78O12S/c1-3-5-7-9-11-13-15-16-17-18-19-20-22-24-26-28-30-37(43)51-35(33-49-31-29-27-25-23-21-14-12-10-8-6-4-2)34-50-41-39(45)40(53-54(46,47)48)38(44)36(32-42)52-41/h8,10,35-36,38-42,44-45H,3-7,9,11-34H2,1-2H3,(H,46,47,48)/b10-8-. The Morgan fingerprint density at radius 3 is 1.74 bits per heavy atom. The largest absolute Gasteiger partial charge is 0.457 e. The number of carbonyl (C=O) groups is 1. The van der Waals surface area contributed by atoms with Crippen LogP contribution in [0, 0.1) is 0 Å². The summed E-state index contributed by atoms with van der Waals surface area (Å²) in [4.78, 5) is 12.8. The van der Waals surface area contributed by atoms with Gasteiger partial charge in [-0.1, -0.05) is 154 Å². The minimum Gasteiger partial charge on any atom is -0.457 e. The van der Waals surface area contributed by atoms with Crippen molar-refractivity contribution in [3.8, 4) is 0 Å². The first-order valence-corrected chi connectivity index (χ1v) is 22.8. The Hall–Kier alpha value is -1.16. The van der Waals surface area contributed by atoms with Crippen molar-refractivity contribution in [1.82, 2.24) is 0 Å². The van der Waals surface area contributed by atoms with E-state index >= 15 is 0 Å². The van der Waals surface area contributed by atoms with Gasteiger partial charge in [-0.2, -0.15) is 8.42 Å². The lowest BCUT2D eigenvalue weighted by Gasteiger charge is -2.41. The Morgan fingerprint density at radius 1 is 0.685 bits per heavy atom. The van der Waals surface area contributed by atoms with E-state index in [0.29, 0.717) is 13.0 Å². The van der Waals surface area contributed by atoms with E-state index in [4.69, 9.17) is 23.5 Å². The van der Waals surface area contributed by atoms with Crippen molar-refractivity contribution < 1.29 is 56.2 Å². The Balaban J connectivity index is 2.44. The molecule has 0 amide bonds. The van der Waals surface area contributed by atoms with Gasteiger partial charge in [0.2, 0.25) is 0 Å². The molecule has 12 nitrogen and oxygen atoms in total. The van der Waals surface area contributed by atoms with Gasteiger partial charge < -0.3 is 34.3 Å². The summed E-state index contributed by atoms with van der Waals surface area (Å²) in [6, 6.07) is 0. The summed E-state index contributed by atoms with van der Waals surface area (Å²) in [6.45, 7) is 3.93. The topological polar surface area (TPSA) is 178 Å². The fourth-order valence-electron chi connectivity index (χ4n) is 6.62. The summed E-state index contributed by atoms with van der Waals surface area (Å²) in [7, 11) is -5.05. The summed E-state index contributed by atoms with van der Waals surface area (Å²) in [5.74, 6) is -0.400. The SMILES string of the molecule is CCC/C=C\CCCCCCCCOCC(COC1OC(CO)C(O)C(OS(=O)(=O)O)C1O)OC(=O)CCCCCCCCCCCCCCCCCC. The molecule has 54 heavy (non-hydrogen) atoms. The van der Waals surface area contributed by atoms with E-state index in [1.807, 2.05) is 0 Å². The first-order valence-electron chi connectivity index (χ1n) is 21.4. The third kappa shape index (κ3) is 27.4. The highest BCUT2D eigenvalue weighted by Gasteiger charge is 2.48. The molecular formula is C41H78O12S. The number of aliphatic hydroxyl groups is 3. The average Bonchev–Trinajstić information content (AvgIpc) is 3.14. The number of esters is 1. The quantitative estimate of drug-likeness (QED) is 0.0205. The van der Waals surface area contributed by atoms with Gasteiger partial charge in [0.05, 0.1) is 19.8 Å². The molecule has 0 aliphatic carbocycles. The Morgan fingerprint density at radius 2 is 1.20 bits per heavy atom. The average molecular weight is 795 g/mol. The second kappa shape index (κ2) is 33.9. The number of aliphatic hydroxyl groups excluding tert-OH is 3. The third-order valence-electron chi connectivity index (χ3n) is 9.87. The van der Waals surface area contributed by atoms with Gasteiger partial charge in [0, 0.05) is 13.0 Å². The zero-order chi connectivity index (χ0) is 39.7. The first kappa shape index (κ1) is 50.9. The minimum absolute atomic E-state index is 0.0363. The van der Waals surface area contributed by atoms with Crippen LogP contribution < -0.4 is 0 Å². The summed E-state index contributed by atoms with van der Waals surface area (Å²) < 4.78 is 58.9. The molecule has 1 fully saturated rings. The molecule has 0 bridgehead atoms. The van der Waals surface area contributed by atoms with Crippen LogP contribution in [-0.4, -0.2) is 97.5 Å². The maximum Gasteiger partial charge on any atom is 0.397 e. The van der Waals surface area contributed by atoms with Crippen molar-refractivity contribution in [2.45, 2.75) is 218 Å². The Bertz CT molecular complexity index is 1010. The van der Waals surface area contributed by atoms with Gasteiger partial charge in [-0.3, -0.25) is 9.35 Å². The van der Waals surface area contributed by atoms with Crippen LogP contribution >= 0.6 is 0 Å². The number of allylic oxidation sites excluding steroid dienone is 2. The van der Waals surface area contributed by atoms with Crippen LogP contribution in [0.1, 0.15) is 181 Å². The zero-order valence-corrected chi connectivity index (χ0v) is 34.6. The highest BCUT2D eigenvalue weighted by Crippen LogP contribution is 2.26. The maximum absolute atomic E-state index is 12.8. The molecule has 0 aromatic rings. The Labute approximate surface area is 328 Å². The molecule has 0 aromatic heterocycles. The van der Waals surface area contributed by atoms with Crippen LogP contribution in [0.3, 0.4) is 0 Å². The molecule has 0 radical (unpaired) electrons. The highest BCUT2D eigenvalue weighted by atomic mass is 32.3. The molecule has 13 heteroatoms. The molecule has 6 unspecified atom stereocenters. The van der Waals surface area contributed by atoms with Crippen molar-refractivity contribution in [3.63, 3.8) is 0 Å². The molecule has 0 aromatic carbocycles. The van der Waals surface area contributed by atoms with Crippen molar-refractivity contribution in [2.24, 2.45) is 0 Å². The predicted octanol–water partition coefficient (Wildman–Crippen LogP) is 8.30. The van der Waals surface area contributed by atoms with Crippen molar-refractivity contribution in [2.75, 3.05) is 26.4 Å². The maximum atomic E-state index is 12.8. The van der Waals surface area contributed by atoms with E-state index in [9.17, 15) is 28.5 Å². The Kier molecular flexibility index (Phi) is 32.0. The minimum atomic E-state index is -5.05. The lowest BCUT2D eigenvalue weighted by atomic mass is 9.99. The fourth-order valence-corrected chi connectivity index (χ4v) is 7.12. The van der Waals surface area contributed by atoms with E-state index < -0.39 is 59.8 Å². The smallest absolute Gasteiger partial charge is 0.397 e. The molecule has 320 valence electrons. The van der Waals surface area contributed by atoms with Gasteiger partial charge >= 0.3 is 16.4 Å². The van der Waals surface area contributed by atoms with Gasteiger partial charge in [0.1, 0.15) is 30.5 Å². The molecule has 6 atom stereocenters. The number of ether oxygens (including phenoxy) is 4. The van der Waals surface area contributed by atoms with Crippen LogP contribution in [0.2, 0.25) is 0 Å². The molecule has 1 aliphatic heterocycles. The number of unbranched alkanes of at least 4 members (excludes halogenated alkanes) is 22. The highest BCUT2D eigenvalue weighted by molar-refractivity contribution is 7.80. The monoisotopic (exact) mass is 795 g/mol. The van der Waals surface area contributed by atoms with Crippen molar-refractivity contribution in [3.05, 3.63) is 12.2 Å². The molecule has 1 aliphatic rings. The van der Waals surface area contributed by atoms with E-state index in [-0.39, 0.29) is 19.6 Å².